The quantitative estimate of drug-likeness (QED) is 0.513. The van der Waals surface area contributed by atoms with E-state index in [4.69, 9.17) is 0 Å². The van der Waals surface area contributed by atoms with Gasteiger partial charge in [0.2, 0.25) is 0 Å². The Labute approximate surface area is 191 Å². The summed E-state index contributed by atoms with van der Waals surface area (Å²) < 4.78 is 0. The molecule has 0 saturated heterocycles. The average molecular weight is 429 g/mol. The number of carbonyl (C=O) groups excluding carboxylic acids is 2. The van der Waals surface area contributed by atoms with Crippen LogP contribution in [0.2, 0.25) is 0 Å². The summed E-state index contributed by atoms with van der Waals surface area (Å²) in [5, 5.41) is 6.10. The SMILES string of the molecule is Cc1ccc(C(C)NC(=O)c2ccccc2C(=O)NC(C)c2ccc(C)cc2C)c(C)c1. The molecule has 4 heteroatoms. The first-order valence-electron chi connectivity index (χ1n) is 11.0. The van der Waals surface area contributed by atoms with E-state index in [1.165, 1.54) is 11.1 Å². The molecule has 0 aliphatic rings. The number of hydrogen-bond acceptors (Lipinski definition) is 2. The number of amides is 2. The van der Waals surface area contributed by atoms with Gasteiger partial charge in [0.25, 0.3) is 11.8 Å². The molecule has 0 radical (unpaired) electrons. The predicted molar refractivity (Wildman–Crippen MR) is 130 cm³/mol. The zero-order valence-corrected chi connectivity index (χ0v) is 19.7. The molecule has 2 amide bonds. The molecule has 166 valence electrons. The van der Waals surface area contributed by atoms with Crippen LogP contribution in [0.15, 0.2) is 60.7 Å². The summed E-state index contributed by atoms with van der Waals surface area (Å²) in [6.45, 7) is 12.1. The lowest BCUT2D eigenvalue weighted by Gasteiger charge is -2.20. The third-order valence-corrected chi connectivity index (χ3v) is 5.90. The lowest BCUT2D eigenvalue weighted by molar-refractivity contribution is 0.0905. The van der Waals surface area contributed by atoms with Gasteiger partial charge in [-0.05, 0) is 75.9 Å². The van der Waals surface area contributed by atoms with E-state index in [0.717, 1.165) is 22.3 Å². The van der Waals surface area contributed by atoms with Crippen molar-refractivity contribution >= 4 is 11.8 Å². The highest BCUT2D eigenvalue weighted by Crippen LogP contribution is 2.21. The smallest absolute Gasteiger partial charge is 0.252 e. The Morgan fingerprint density at radius 1 is 0.625 bits per heavy atom. The number of hydrogen-bond donors (Lipinski definition) is 2. The van der Waals surface area contributed by atoms with Crippen LogP contribution in [0.1, 0.15) is 80.0 Å². The zero-order chi connectivity index (χ0) is 23.4. The van der Waals surface area contributed by atoms with E-state index >= 15 is 0 Å². The predicted octanol–water partition coefficient (Wildman–Crippen LogP) is 5.90. The fourth-order valence-electron chi connectivity index (χ4n) is 4.21. The topological polar surface area (TPSA) is 58.2 Å². The lowest BCUT2D eigenvalue weighted by atomic mass is 9.98. The van der Waals surface area contributed by atoms with Crippen LogP contribution >= 0.6 is 0 Å². The molecule has 2 N–H and O–H groups in total. The Hall–Kier alpha value is -3.40. The Balaban J connectivity index is 1.78. The number of nitrogens with one attached hydrogen (secondary N) is 2. The molecule has 0 aliphatic carbocycles. The first kappa shape index (κ1) is 23.3. The van der Waals surface area contributed by atoms with Crippen molar-refractivity contribution in [3.8, 4) is 0 Å². The van der Waals surface area contributed by atoms with Gasteiger partial charge in [-0.1, -0.05) is 59.7 Å². The summed E-state index contributed by atoms with van der Waals surface area (Å²) in [7, 11) is 0. The first-order chi connectivity index (χ1) is 15.2. The molecule has 2 atom stereocenters. The normalized spacial score (nSPS) is 12.7. The molecular weight excluding hydrogens is 396 g/mol. The Morgan fingerprint density at radius 2 is 1.00 bits per heavy atom. The van der Waals surface area contributed by atoms with Crippen molar-refractivity contribution in [2.45, 2.75) is 53.6 Å². The van der Waals surface area contributed by atoms with Gasteiger partial charge >= 0.3 is 0 Å². The molecule has 32 heavy (non-hydrogen) atoms. The number of benzene rings is 3. The van der Waals surface area contributed by atoms with Crippen molar-refractivity contribution < 1.29 is 9.59 Å². The van der Waals surface area contributed by atoms with Crippen LogP contribution in [-0.4, -0.2) is 11.8 Å². The standard InChI is InChI=1S/C28H32N2O2/c1-17-11-13-23(19(3)15-17)21(5)29-27(31)25-9-7-8-10-26(25)28(32)30-22(6)24-14-12-18(2)16-20(24)4/h7-16,21-22H,1-6H3,(H,29,31)(H,30,32). The van der Waals surface area contributed by atoms with Gasteiger partial charge in [-0.25, -0.2) is 0 Å². The summed E-state index contributed by atoms with van der Waals surface area (Å²) in [6.07, 6.45) is 0. The van der Waals surface area contributed by atoms with Crippen LogP contribution in [0, 0.1) is 27.7 Å². The second-order valence-corrected chi connectivity index (χ2v) is 8.66. The van der Waals surface area contributed by atoms with Gasteiger partial charge in [0.15, 0.2) is 0 Å². The summed E-state index contributed by atoms with van der Waals surface area (Å²) in [4.78, 5) is 26.2. The molecule has 4 nitrogen and oxygen atoms in total. The zero-order valence-electron chi connectivity index (χ0n) is 19.7. The summed E-state index contributed by atoms with van der Waals surface area (Å²) in [6, 6.07) is 19.0. The Bertz CT molecular complexity index is 1060. The number of carbonyl (C=O) groups is 2. The average Bonchev–Trinajstić information content (AvgIpc) is 2.73. The minimum absolute atomic E-state index is 0.173. The van der Waals surface area contributed by atoms with Crippen molar-refractivity contribution in [3.63, 3.8) is 0 Å². The van der Waals surface area contributed by atoms with Gasteiger partial charge in [-0.2, -0.15) is 0 Å². The highest BCUT2D eigenvalue weighted by molar-refractivity contribution is 6.07. The van der Waals surface area contributed by atoms with Gasteiger partial charge in [0.05, 0.1) is 23.2 Å². The van der Waals surface area contributed by atoms with Gasteiger partial charge in [-0.3, -0.25) is 9.59 Å². The van der Waals surface area contributed by atoms with E-state index in [2.05, 4.69) is 22.8 Å². The van der Waals surface area contributed by atoms with E-state index in [1.54, 1.807) is 24.3 Å². The third-order valence-electron chi connectivity index (χ3n) is 5.90. The summed E-state index contributed by atoms with van der Waals surface area (Å²) >= 11 is 0. The third kappa shape index (κ3) is 5.25. The molecule has 0 bridgehead atoms. The lowest BCUT2D eigenvalue weighted by Crippen LogP contribution is -2.32. The molecule has 3 rings (SSSR count). The fourth-order valence-corrected chi connectivity index (χ4v) is 4.21. The second-order valence-electron chi connectivity index (χ2n) is 8.66. The summed E-state index contributed by atoms with van der Waals surface area (Å²) in [5.41, 5.74) is 7.50. The van der Waals surface area contributed by atoms with Crippen LogP contribution in [0.25, 0.3) is 0 Å². The van der Waals surface area contributed by atoms with Crippen molar-refractivity contribution in [2.24, 2.45) is 0 Å². The molecule has 0 fully saturated rings. The molecule has 3 aromatic rings. The van der Waals surface area contributed by atoms with Crippen LogP contribution < -0.4 is 10.6 Å². The molecular formula is C28H32N2O2. The van der Waals surface area contributed by atoms with Crippen LogP contribution in [-0.2, 0) is 0 Å². The summed E-state index contributed by atoms with van der Waals surface area (Å²) in [5.74, 6) is -0.523. The van der Waals surface area contributed by atoms with E-state index in [-0.39, 0.29) is 23.9 Å². The number of aryl methyl sites for hydroxylation is 4. The molecule has 0 heterocycles. The maximum absolute atomic E-state index is 13.1. The molecule has 0 saturated carbocycles. The van der Waals surface area contributed by atoms with Crippen molar-refractivity contribution in [1.82, 2.24) is 10.6 Å². The number of rotatable bonds is 6. The van der Waals surface area contributed by atoms with E-state index in [0.29, 0.717) is 11.1 Å². The van der Waals surface area contributed by atoms with Gasteiger partial charge in [-0.15, -0.1) is 0 Å². The van der Waals surface area contributed by atoms with E-state index in [9.17, 15) is 9.59 Å². The minimum Gasteiger partial charge on any atom is -0.345 e. The van der Waals surface area contributed by atoms with Crippen molar-refractivity contribution in [3.05, 3.63) is 105 Å². The first-order valence-corrected chi connectivity index (χ1v) is 11.0. The van der Waals surface area contributed by atoms with Crippen LogP contribution in [0.3, 0.4) is 0 Å². The molecule has 3 aromatic carbocycles. The Kier molecular flexibility index (Phi) is 7.14. The van der Waals surface area contributed by atoms with Crippen molar-refractivity contribution in [1.29, 1.82) is 0 Å². The highest BCUT2D eigenvalue weighted by atomic mass is 16.2. The van der Waals surface area contributed by atoms with Crippen LogP contribution in [0.5, 0.6) is 0 Å². The van der Waals surface area contributed by atoms with Gasteiger partial charge < -0.3 is 10.6 Å². The molecule has 2 unspecified atom stereocenters. The highest BCUT2D eigenvalue weighted by Gasteiger charge is 2.21. The van der Waals surface area contributed by atoms with Crippen molar-refractivity contribution in [2.75, 3.05) is 0 Å². The second kappa shape index (κ2) is 9.82. The maximum atomic E-state index is 13.1. The van der Waals surface area contributed by atoms with Crippen LogP contribution in [0.4, 0.5) is 0 Å². The molecule has 0 spiro atoms. The van der Waals surface area contributed by atoms with E-state index in [1.807, 2.05) is 65.8 Å². The minimum atomic E-state index is -0.262. The monoisotopic (exact) mass is 428 g/mol. The largest absolute Gasteiger partial charge is 0.345 e. The maximum Gasteiger partial charge on any atom is 0.252 e. The van der Waals surface area contributed by atoms with Gasteiger partial charge in [0, 0.05) is 0 Å². The van der Waals surface area contributed by atoms with E-state index < -0.39 is 0 Å². The molecule has 0 aromatic heterocycles. The fraction of sp³-hybridized carbons (Fsp3) is 0.286. The van der Waals surface area contributed by atoms with Gasteiger partial charge in [0.1, 0.15) is 0 Å². The molecule has 0 aliphatic heterocycles. The Morgan fingerprint density at radius 3 is 1.34 bits per heavy atom.